The summed E-state index contributed by atoms with van der Waals surface area (Å²) in [5, 5.41) is 0.839. The number of carbonyl (C=O) groups excluding carboxylic acids is 1. The molecule has 0 spiro atoms. The van der Waals surface area contributed by atoms with Crippen molar-refractivity contribution in [2.45, 2.75) is 38.3 Å². The summed E-state index contributed by atoms with van der Waals surface area (Å²) in [6.07, 6.45) is 0. The van der Waals surface area contributed by atoms with Gasteiger partial charge >= 0.3 is 5.97 Å². The van der Waals surface area contributed by atoms with E-state index in [0.29, 0.717) is 6.61 Å². The van der Waals surface area contributed by atoms with E-state index in [4.69, 9.17) is 9.47 Å². The minimum atomic E-state index is -0.460. The number of alkyl halides is 1. The van der Waals surface area contributed by atoms with E-state index < -0.39 is 5.60 Å². The van der Waals surface area contributed by atoms with Crippen LogP contribution in [0.3, 0.4) is 0 Å². The second kappa shape index (κ2) is 6.90. The third-order valence-electron chi connectivity index (χ3n) is 2.09. The predicted molar refractivity (Wildman–Crippen MR) is 74.6 cm³/mol. The number of ether oxygens (including phenoxy) is 2. The molecule has 0 bridgehead atoms. The summed E-state index contributed by atoms with van der Waals surface area (Å²) in [6, 6.07) is 8.04. The van der Waals surface area contributed by atoms with Crippen molar-refractivity contribution in [3.63, 3.8) is 0 Å². The lowest BCUT2D eigenvalue weighted by Gasteiger charge is -2.19. The zero-order valence-electron chi connectivity index (χ0n) is 11.0. The number of rotatable bonds is 5. The van der Waals surface area contributed by atoms with Gasteiger partial charge in [-0.1, -0.05) is 40.2 Å². The second-order valence-electron chi connectivity index (χ2n) is 5.03. The molecule has 18 heavy (non-hydrogen) atoms. The van der Waals surface area contributed by atoms with Crippen LogP contribution in [0.5, 0.6) is 0 Å². The maximum atomic E-state index is 11.4. The Hall–Kier alpha value is -0.870. The summed E-state index contributed by atoms with van der Waals surface area (Å²) in [5.74, 6) is -0.334. The van der Waals surface area contributed by atoms with Crippen LogP contribution in [0.2, 0.25) is 0 Å². The highest BCUT2D eigenvalue weighted by Crippen LogP contribution is 2.10. The fourth-order valence-electron chi connectivity index (χ4n) is 1.35. The maximum Gasteiger partial charge on any atom is 0.332 e. The van der Waals surface area contributed by atoms with Crippen molar-refractivity contribution >= 4 is 21.9 Å². The molecule has 1 aromatic carbocycles. The van der Waals surface area contributed by atoms with Gasteiger partial charge in [-0.3, -0.25) is 0 Å². The Morgan fingerprint density at radius 3 is 2.22 bits per heavy atom. The quantitative estimate of drug-likeness (QED) is 0.617. The van der Waals surface area contributed by atoms with Gasteiger partial charge in [0.1, 0.15) is 12.2 Å². The van der Waals surface area contributed by atoms with Crippen LogP contribution >= 0.6 is 15.9 Å². The molecule has 1 aromatic rings. The van der Waals surface area contributed by atoms with Gasteiger partial charge in [0.2, 0.25) is 0 Å². The summed E-state index contributed by atoms with van der Waals surface area (Å²) in [5.41, 5.74) is 1.80. The van der Waals surface area contributed by atoms with E-state index in [2.05, 4.69) is 15.9 Å². The van der Waals surface area contributed by atoms with Gasteiger partial charge in [-0.15, -0.1) is 0 Å². The molecule has 0 unspecified atom stereocenters. The summed E-state index contributed by atoms with van der Waals surface area (Å²) in [6.45, 7) is 5.91. The van der Waals surface area contributed by atoms with Gasteiger partial charge in [0, 0.05) is 5.33 Å². The van der Waals surface area contributed by atoms with Gasteiger partial charge in [0.15, 0.2) is 0 Å². The lowest BCUT2D eigenvalue weighted by atomic mass is 10.2. The second-order valence-corrected chi connectivity index (χ2v) is 5.59. The highest BCUT2D eigenvalue weighted by atomic mass is 79.9. The Bertz CT molecular complexity index is 379. The van der Waals surface area contributed by atoms with Crippen LogP contribution in [0.1, 0.15) is 31.9 Å². The van der Waals surface area contributed by atoms with Crippen molar-refractivity contribution in [1.82, 2.24) is 0 Å². The highest BCUT2D eigenvalue weighted by Gasteiger charge is 2.15. The first-order chi connectivity index (χ1) is 8.40. The van der Waals surface area contributed by atoms with E-state index in [1.807, 2.05) is 45.0 Å². The average molecular weight is 315 g/mol. The molecule has 0 radical (unpaired) electrons. The molecule has 0 heterocycles. The highest BCUT2D eigenvalue weighted by molar-refractivity contribution is 9.08. The first kappa shape index (κ1) is 15.2. The van der Waals surface area contributed by atoms with E-state index in [1.165, 1.54) is 5.56 Å². The van der Waals surface area contributed by atoms with E-state index >= 15 is 0 Å². The van der Waals surface area contributed by atoms with Crippen molar-refractivity contribution in [1.29, 1.82) is 0 Å². The number of hydrogen-bond acceptors (Lipinski definition) is 3. The lowest BCUT2D eigenvalue weighted by molar-refractivity contribution is -0.160. The van der Waals surface area contributed by atoms with E-state index in [0.717, 1.165) is 10.9 Å². The average Bonchev–Trinajstić information content (AvgIpc) is 2.27. The molecule has 0 saturated heterocycles. The van der Waals surface area contributed by atoms with Crippen LogP contribution in [0.15, 0.2) is 24.3 Å². The molecule has 100 valence electrons. The Labute approximate surface area is 117 Å². The van der Waals surface area contributed by atoms with Crippen molar-refractivity contribution < 1.29 is 14.3 Å². The fourth-order valence-corrected chi connectivity index (χ4v) is 1.72. The third-order valence-corrected chi connectivity index (χ3v) is 2.73. The smallest absolute Gasteiger partial charge is 0.332 e. The summed E-state index contributed by atoms with van der Waals surface area (Å²) < 4.78 is 10.5. The molecule has 0 N–H and O–H groups in total. The fraction of sp³-hybridized carbons (Fsp3) is 0.500. The van der Waals surface area contributed by atoms with E-state index in [-0.39, 0.29) is 12.6 Å². The van der Waals surface area contributed by atoms with Crippen LogP contribution in [-0.2, 0) is 26.2 Å². The van der Waals surface area contributed by atoms with Crippen LogP contribution in [-0.4, -0.2) is 18.2 Å². The topological polar surface area (TPSA) is 35.5 Å². The van der Waals surface area contributed by atoms with Crippen molar-refractivity contribution in [2.75, 3.05) is 6.61 Å². The standard InChI is InChI=1S/C14H19BrO3/c1-14(2,3)18-13(16)10-17-9-12-6-4-11(8-15)5-7-12/h4-7H,8-10H2,1-3H3. The zero-order chi connectivity index (χ0) is 13.6. The molecule has 0 saturated carbocycles. The first-order valence-electron chi connectivity index (χ1n) is 5.84. The summed E-state index contributed by atoms with van der Waals surface area (Å²) in [4.78, 5) is 11.4. The molecule has 1 rings (SSSR count). The SMILES string of the molecule is CC(C)(C)OC(=O)COCc1ccc(CBr)cc1. The molecule has 0 atom stereocenters. The van der Waals surface area contributed by atoms with Crippen LogP contribution in [0.25, 0.3) is 0 Å². The number of carbonyl (C=O) groups is 1. The predicted octanol–water partition coefficient (Wildman–Crippen LogP) is 3.44. The van der Waals surface area contributed by atoms with Gasteiger partial charge in [-0.2, -0.15) is 0 Å². The minimum Gasteiger partial charge on any atom is -0.458 e. The maximum absolute atomic E-state index is 11.4. The molecular weight excluding hydrogens is 296 g/mol. The van der Waals surface area contributed by atoms with E-state index in [9.17, 15) is 4.79 Å². The van der Waals surface area contributed by atoms with Crippen molar-refractivity contribution in [3.8, 4) is 0 Å². The largest absolute Gasteiger partial charge is 0.458 e. The molecular formula is C14H19BrO3. The lowest BCUT2D eigenvalue weighted by Crippen LogP contribution is -2.26. The molecule has 4 heteroatoms. The molecule has 0 aliphatic heterocycles. The van der Waals surface area contributed by atoms with E-state index in [1.54, 1.807) is 0 Å². The molecule has 0 aliphatic carbocycles. The Kier molecular flexibility index (Phi) is 5.82. The minimum absolute atomic E-state index is 0.0164. The monoisotopic (exact) mass is 314 g/mol. The van der Waals surface area contributed by atoms with Crippen LogP contribution < -0.4 is 0 Å². The molecule has 3 nitrogen and oxygen atoms in total. The molecule has 0 fully saturated rings. The number of esters is 1. The normalized spacial score (nSPS) is 11.3. The van der Waals surface area contributed by atoms with Crippen molar-refractivity contribution in [3.05, 3.63) is 35.4 Å². The van der Waals surface area contributed by atoms with Crippen LogP contribution in [0.4, 0.5) is 0 Å². The van der Waals surface area contributed by atoms with Gasteiger partial charge in [-0.25, -0.2) is 4.79 Å². The van der Waals surface area contributed by atoms with Crippen LogP contribution in [0, 0.1) is 0 Å². The van der Waals surface area contributed by atoms with Gasteiger partial charge in [0.25, 0.3) is 0 Å². The van der Waals surface area contributed by atoms with Crippen molar-refractivity contribution in [2.24, 2.45) is 0 Å². The molecule has 0 aliphatic rings. The first-order valence-corrected chi connectivity index (χ1v) is 6.96. The Morgan fingerprint density at radius 1 is 1.17 bits per heavy atom. The molecule has 0 amide bonds. The summed E-state index contributed by atoms with van der Waals surface area (Å²) >= 11 is 3.39. The summed E-state index contributed by atoms with van der Waals surface area (Å²) in [7, 11) is 0. The number of hydrogen-bond donors (Lipinski definition) is 0. The Balaban J connectivity index is 2.30. The van der Waals surface area contributed by atoms with Gasteiger partial charge in [-0.05, 0) is 31.9 Å². The Morgan fingerprint density at radius 2 is 1.72 bits per heavy atom. The number of halogens is 1. The third kappa shape index (κ3) is 6.17. The van der Waals surface area contributed by atoms with Gasteiger partial charge in [0.05, 0.1) is 6.61 Å². The van der Waals surface area contributed by atoms with Gasteiger partial charge < -0.3 is 9.47 Å². The molecule has 0 aromatic heterocycles. The zero-order valence-corrected chi connectivity index (χ0v) is 12.6. The number of benzene rings is 1.